The maximum absolute atomic E-state index is 12.2. The van der Waals surface area contributed by atoms with E-state index in [0.717, 1.165) is 0 Å². The number of nitrogens with one attached hydrogen (secondary N) is 1. The molecular weight excluding hydrogens is 366 g/mol. The smallest absolute Gasteiger partial charge is 0.342 e. The predicted molar refractivity (Wildman–Crippen MR) is 101 cm³/mol. The van der Waals surface area contributed by atoms with Gasteiger partial charge in [-0.2, -0.15) is 0 Å². The predicted octanol–water partition coefficient (Wildman–Crippen LogP) is 2.68. The van der Waals surface area contributed by atoms with Gasteiger partial charge in [0.05, 0.1) is 26.4 Å². The second-order valence-corrected chi connectivity index (χ2v) is 5.49. The molecule has 0 atom stereocenters. The summed E-state index contributed by atoms with van der Waals surface area (Å²) >= 11 is 0. The summed E-state index contributed by atoms with van der Waals surface area (Å²) in [6.45, 7) is 1.52. The minimum absolute atomic E-state index is 0.176. The standard InChI is InChI=1S/C20H21NO7/c1-4-27-19(23)13-5-7-14(8-6-13)21-18(22)12-28-20(24)16-10-9-15(25-2)11-17(16)26-3/h5-11H,4,12H2,1-3H3,(H,21,22). The van der Waals surface area contributed by atoms with Crippen LogP contribution < -0.4 is 14.8 Å². The molecule has 0 radical (unpaired) electrons. The quantitative estimate of drug-likeness (QED) is 0.695. The Morgan fingerprint density at radius 1 is 0.893 bits per heavy atom. The first-order valence-corrected chi connectivity index (χ1v) is 8.44. The summed E-state index contributed by atoms with van der Waals surface area (Å²) in [4.78, 5) is 35.8. The Balaban J connectivity index is 1.92. The molecule has 2 rings (SSSR count). The molecule has 8 heteroatoms. The third-order valence-electron chi connectivity index (χ3n) is 3.64. The van der Waals surface area contributed by atoms with E-state index in [1.54, 1.807) is 31.2 Å². The molecule has 2 aromatic carbocycles. The number of carbonyl (C=O) groups is 3. The second-order valence-electron chi connectivity index (χ2n) is 5.49. The van der Waals surface area contributed by atoms with Crippen molar-refractivity contribution in [3.8, 4) is 11.5 Å². The van der Waals surface area contributed by atoms with Crippen molar-refractivity contribution in [1.82, 2.24) is 0 Å². The molecule has 0 unspecified atom stereocenters. The average Bonchev–Trinajstić information content (AvgIpc) is 2.72. The number of hydrogen-bond acceptors (Lipinski definition) is 7. The maximum Gasteiger partial charge on any atom is 0.342 e. The molecule has 148 valence electrons. The number of carbonyl (C=O) groups excluding carboxylic acids is 3. The van der Waals surface area contributed by atoms with Crippen molar-refractivity contribution in [3.05, 3.63) is 53.6 Å². The van der Waals surface area contributed by atoms with E-state index >= 15 is 0 Å². The number of methoxy groups -OCH3 is 2. The van der Waals surface area contributed by atoms with Gasteiger partial charge in [-0.25, -0.2) is 9.59 Å². The van der Waals surface area contributed by atoms with Crippen LogP contribution in [0.25, 0.3) is 0 Å². The molecule has 1 N–H and O–H groups in total. The van der Waals surface area contributed by atoms with Crippen molar-refractivity contribution in [1.29, 1.82) is 0 Å². The Labute approximate surface area is 162 Å². The van der Waals surface area contributed by atoms with E-state index in [-0.39, 0.29) is 17.9 Å². The van der Waals surface area contributed by atoms with Gasteiger partial charge in [-0.3, -0.25) is 4.79 Å². The summed E-state index contributed by atoms with van der Waals surface area (Å²) in [6.07, 6.45) is 0. The lowest BCUT2D eigenvalue weighted by Gasteiger charge is -2.10. The van der Waals surface area contributed by atoms with Crippen molar-refractivity contribution in [2.24, 2.45) is 0 Å². The minimum atomic E-state index is -0.702. The van der Waals surface area contributed by atoms with E-state index < -0.39 is 24.5 Å². The zero-order valence-electron chi connectivity index (χ0n) is 15.8. The third kappa shape index (κ3) is 5.47. The van der Waals surface area contributed by atoms with Gasteiger partial charge in [0, 0.05) is 11.8 Å². The molecule has 0 aliphatic rings. The number of esters is 2. The molecule has 28 heavy (non-hydrogen) atoms. The normalized spacial score (nSPS) is 9.96. The fourth-order valence-electron chi connectivity index (χ4n) is 2.28. The Kier molecular flexibility index (Phi) is 7.38. The van der Waals surface area contributed by atoms with Gasteiger partial charge in [0.15, 0.2) is 6.61 Å². The van der Waals surface area contributed by atoms with Gasteiger partial charge in [-0.15, -0.1) is 0 Å². The summed E-state index contributed by atoms with van der Waals surface area (Å²) in [6, 6.07) is 10.8. The van der Waals surface area contributed by atoms with Gasteiger partial charge < -0.3 is 24.3 Å². The van der Waals surface area contributed by atoms with Crippen LogP contribution in [0.15, 0.2) is 42.5 Å². The van der Waals surface area contributed by atoms with Crippen LogP contribution in [0.5, 0.6) is 11.5 Å². The highest BCUT2D eigenvalue weighted by Crippen LogP contribution is 2.25. The molecule has 1 amide bonds. The monoisotopic (exact) mass is 387 g/mol. The summed E-state index contributed by atoms with van der Waals surface area (Å²) in [5.74, 6) is -0.864. The summed E-state index contributed by atoms with van der Waals surface area (Å²) in [5, 5.41) is 2.57. The Morgan fingerprint density at radius 2 is 1.61 bits per heavy atom. The number of amides is 1. The van der Waals surface area contributed by atoms with Crippen LogP contribution in [-0.4, -0.2) is 45.3 Å². The van der Waals surface area contributed by atoms with E-state index in [1.807, 2.05) is 0 Å². The number of hydrogen-bond donors (Lipinski definition) is 1. The van der Waals surface area contributed by atoms with Crippen LogP contribution >= 0.6 is 0 Å². The first-order valence-electron chi connectivity index (χ1n) is 8.44. The van der Waals surface area contributed by atoms with Crippen LogP contribution in [0.1, 0.15) is 27.6 Å². The van der Waals surface area contributed by atoms with Crippen molar-refractivity contribution < 1.29 is 33.3 Å². The highest BCUT2D eigenvalue weighted by molar-refractivity contribution is 5.97. The lowest BCUT2D eigenvalue weighted by Crippen LogP contribution is -2.21. The van der Waals surface area contributed by atoms with Crippen molar-refractivity contribution in [3.63, 3.8) is 0 Å². The Morgan fingerprint density at radius 3 is 2.21 bits per heavy atom. The molecule has 8 nitrogen and oxygen atoms in total. The number of benzene rings is 2. The number of rotatable bonds is 8. The zero-order valence-corrected chi connectivity index (χ0v) is 15.8. The molecule has 0 aliphatic carbocycles. The first kappa shape index (κ1) is 20.8. The maximum atomic E-state index is 12.2. The van der Waals surface area contributed by atoms with Gasteiger partial charge in [0.1, 0.15) is 17.1 Å². The van der Waals surface area contributed by atoms with Gasteiger partial charge in [-0.1, -0.05) is 0 Å². The van der Waals surface area contributed by atoms with Gasteiger partial charge in [0.2, 0.25) is 0 Å². The van der Waals surface area contributed by atoms with Crippen molar-refractivity contribution >= 4 is 23.5 Å². The van der Waals surface area contributed by atoms with E-state index in [4.69, 9.17) is 18.9 Å². The van der Waals surface area contributed by atoms with Crippen LogP contribution in [0.4, 0.5) is 5.69 Å². The Hall–Kier alpha value is -3.55. The Bertz CT molecular complexity index is 846. The van der Waals surface area contributed by atoms with Gasteiger partial charge >= 0.3 is 11.9 Å². The highest BCUT2D eigenvalue weighted by Gasteiger charge is 2.16. The number of anilines is 1. The topological polar surface area (TPSA) is 100 Å². The van der Waals surface area contributed by atoms with Crippen molar-refractivity contribution in [2.45, 2.75) is 6.92 Å². The second kappa shape index (κ2) is 9.96. The fourth-order valence-corrected chi connectivity index (χ4v) is 2.28. The molecule has 0 aromatic heterocycles. The SMILES string of the molecule is CCOC(=O)c1ccc(NC(=O)COC(=O)c2ccc(OC)cc2OC)cc1. The third-order valence-corrected chi connectivity index (χ3v) is 3.64. The lowest BCUT2D eigenvalue weighted by atomic mass is 10.2. The van der Waals surface area contributed by atoms with Crippen LogP contribution in [0.2, 0.25) is 0 Å². The van der Waals surface area contributed by atoms with Gasteiger partial charge in [-0.05, 0) is 43.3 Å². The van der Waals surface area contributed by atoms with E-state index in [1.165, 1.54) is 32.4 Å². The molecule has 0 fully saturated rings. The van der Waals surface area contributed by atoms with Crippen LogP contribution in [0.3, 0.4) is 0 Å². The average molecular weight is 387 g/mol. The molecule has 0 heterocycles. The largest absolute Gasteiger partial charge is 0.497 e. The molecular formula is C20H21NO7. The molecule has 0 saturated carbocycles. The number of ether oxygens (including phenoxy) is 4. The van der Waals surface area contributed by atoms with Crippen molar-refractivity contribution in [2.75, 3.05) is 32.8 Å². The zero-order chi connectivity index (χ0) is 20.5. The molecule has 2 aromatic rings. The van der Waals surface area contributed by atoms with Gasteiger partial charge in [0.25, 0.3) is 5.91 Å². The molecule has 0 spiro atoms. The van der Waals surface area contributed by atoms with Crippen LogP contribution in [-0.2, 0) is 14.3 Å². The molecule has 0 aliphatic heterocycles. The molecule has 0 saturated heterocycles. The fraction of sp³-hybridized carbons (Fsp3) is 0.250. The summed E-state index contributed by atoms with van der Waals surface area (Å²) in [5.41, 5.74) is 1.00. The summed E-state index contributed by atoms with van der Waals surface area (Å²) < 4.78 is 20.1. The lowest BCUT2D eigenvalue weighted by molar-refractivity contribution is -0.119. The van der Waals surface area contributed by atoms with E-state index in [2.05, 4.69) is 5.32 Å². The van der Waals surface area contributed by atoms with E-state index in [0.29, 0.717) is 17.0 Å². The first-order chi connectivity index (χ1) is 13.5. The molecule has 0 bridgehead atoms. The van der Waals surface area contributed by atoms with Crippen LogP contribution in [0, 0.1) is 0 Å². The summed E-state index contributed by atoms with van der Waals surface area (Å²) in [7, 11) is 2.91. The minimum Gasteiger partial charge on any atom is -0.497 e. The highest BCUT2D eigenvalue weighted by atomic mass is 16.5. The van der Waals surface area contributed by atoms with E-state index in [9.17, 15) is 14.4 Å².